The molecule has 2 rings (SSSR count). The standard InChI is InChI=1S/C16H32N4OS.HI/c1-3-17-16(19-13-15-7-5-11-22-15)18-12-14-6-4-8-20(14)9-10-21-2;/h14-15H,3-13H2,1-2H3,(H2,17,18,19);1H. The summed E-state index contributed by atoms with van der Waals surface area (Å²) < 4.78 is 5.21. The highest BCUT2D eigenvalue weighted by molar-refractivity contribution is 14.0. The summed E-state index contributed by atoms with van der Waals surface area (Å²) >= 11 is 2.09. The first-order valence-electron chi connectivity index (χ1n) is 8.70. The number of nitrogens with one attached hydrogen (secondary N) is 2. The number of ether oxygens (including phenoxy) is 1. The van der Waals surface area contributed by atoms with Crippen molar-refractivity contribution in [1.29, 1.82) is 0 Å². The van der Waals surface area contributed by atoms with Gasteiger partial charge in [-0.25, -0.2) is 0 Å². The average molecular weight is 456 g/mol. The average Bonchev–Trinajstić information content (AvgIpc) is 3.19. The predicted molar refractivity (Wildman–Crippen MR) is 111 cm³/mol. The van der Waals surface area contributed by atoms with Crippen LogP contribution in [-0.4, -0.2) is 74.3 Å². The number of aliphatic imine (C=N–C) groups is 1. The van der Waals surface area contributed by atoms with Gasteiger partial charge in [-0.05, 0) is 44.9 Å². The molecule has 2 unspecified atom stereocenters. The number of thioether (sulfide) groups is 1. The van der Waals surface area contributed by atoms with Gasteiger partial charge in [0, 0.05) is 38.0 Å². The van der Waals surface area contributed by atoms with Gasteiger partial charge < -0.3 is 15.4 Å². The zero-order valence-corrected chi connectivity index (χ0v) is 17.7. The number of likely N-dealkylation sites (tertiary alicyclic amines) is 1. The van der Waals surface area contributed by atoms with E-state index in [1.54, 1.807) is 7.11 Å². The van der Waals surface area contributed by atoms with Crippen molar-refractivity contribution < 1.29 is 4.74 Å². The van der Waals surface area contributed by atoms with Crippen LogP contribution in [0.5, 0.6) is 0 Å². The Morgan fingerprint density at radius 2 is 2.17 bits per heavy atom. The molecule has 2 aliphatic heterocycles. The first-order chi connectivity index (χ1) is 10.8. The van der Waals surface area contributed by atoms with Crippen LogP contribution in [0.3, 0.4) is 0 Å². The Kier molecular flexibility index (Phi) is 11.7. The van der Waals surface area contributed by atoms with Crippen molar-refractivity contribution in [3.8, 4) is 0 Å². The first kappa shape index (κ1) is 21.3. The molecule has 2 N–H and O–H groups in total. The summed E-state index contributed by atoms with van der Waals surface area (Å²) in [6.45, 7) is 8.00. The summed E-state index contributed by atoms with van der Waals surface area (Å²) in [6.07, 6.45) is 5.24. The van der Waals surface area contributed by atoms with E-state index in [0.717, 1.165) is 44.0 Å². The monoisotopic (exact) mass is 456 g/mol. The minimum Gasteiger partial charge on any atom is -0.383 e. The van der Waals surface area contributed by atoms with E-state index in [4.69, 9.17) is 9.73 Å². The van der Waals surface area contributed by atoms with Gasteiger partial charge in [-0.2, -0.15) is 11.8 Å². The maximum Gasteiger partial charge on any atom is 0.191 e. The van der Waals surface area contributed by atoms with Gasteiger partial charge in [-0.3, -0.25) is 9.89 Å². The van der Waals surface area contributed by atoms with Crippen molar-refractivity contribution in [2.75, 3.05) is 52.2 Å². The molecule has 0 radical (unpaired) electrons. The summed E-state index contributed by atoms with van der Waals surface area (Å²) in [4.78, 5) is 7.33. The lowest BCUT2D eigenvalue weighted by Gasteiger charge is -2.23. The second-order valence-electron chi connectivity index (χ2n) is 6.06. The highest BCUT2D eigenvalue weighted by atomic mass is 127. The second-order valence-corrected chi connectivity index (χ2v) is 7.47. The Hall–Kier alpha value is 0.270. The molecule has 0 aromatic carbocycles. The van der Waals surface area contributed by atoms with Gasteiger partial charge in [0.15, 0.2) is 5.96 Å². The molecule has 7 heteroatoms. The van der Waals surface area contributed by atoms with Gasteiger partial charge in [0.1, 0.15) is 0 Å². The van der Waals surface area contributed by atoms with Crippen LogP contribution in [0.25, 0.3) is 0 Å². The van der Waals surface area contributed by atoms with Crippen LogP contribution >= 0.6 is 35.7 Å². The number of rotatable bonds is 8. The second kappa shape index (κ2) is 12.6. The Morgan fingerprint density at radius 3 is 2.87 bits per heavy atom. The number of nitrogens with zero attached hydrogens (tertiary/aromatic N) is 2. The van der Waals surface area contributed by atoms with Gasteiger partial charge in [-0.1, -0.05) is 0 Å². The quantitative estimate of drug-likeness (QED) is 0.333. The van der Waals surface area contributed by atoms with E-state index < -0.39 is 0 Å². The molecular weight excluding hydrogens is 423 g/mol. The lowest BCUT2D eigenvalue weighted by molar-refractivity contribution is 0.142. The molecule has 0 spiro atoms. The predicted octanol–water partition coefficient (Wildman–Crippen LogP) is 2.17. The van der Waals surface area contributed by atoms with Gasteiger partial charge in [0.05, 0.1) is 13.2 Å². The fraction of sp³-hybridized carbons (Fsp3) is 0.938. The summed E-state index contributed by atoms with van der Waals surface area (Å²) in [5.74, 6) is 2.30. The molecule has 0 bridgehead atoms. The molecule has 0 amide bonds. The van der Waals surface area contributed by atoms with E-state index in [0.29, 0.717) is 6.04 Å². The van der Waals surface area contributed by atoms with Crippen LogP contribution in [0.1, 0.15) is 32.6 Å². The number of halogens is 1. The smallest absolute Gasteiger partial charge is 0.191 e. The SMILES string of the molecule is CCNC(=NCC1CCCN1CCOC)NCC1CCCS1.I. The molecular formula is C16H33IN4OS. The van der Waals surface area contributed by atoms with Crippen molar-refractivity contribution in [2.24, 2.45) is 4.99 Å². The fourth-order valence-electron chi connectivity index (χ4n) is 3.16. The fourth-order valence-corrected chi connectivity index (χ4v) is 4.36. The highest BCUT2D eigenvalue weighted by Crippen LogP contribution is 2.25. The molecule has 5 nitrogen and oxygen atoms in total. The molecule has 0 aliphatic carbocycles. The number of hydrogen-bond donors (Lipinski definition) is 2. The molecule has 23 heavy (non-hydrogen) atoms. The summed E-state index contributed by atoms with van der Waals surface area (Å²) in [7, 11) is 1.78. The number of methoxy groups -OCH3 is 1. The van der Waals surface area contributed by atoms with E-state index in [9.17, 15) is 0 Å². The van der Waals surface area contributed by atoms with E-state index in [-0.39, 0.29) is 24.0 Å². The Labute approximate surface area is 162 Å². The van der Waals surface area contributed by atoms with Crippen LogP contribution in [0.15, 0.2) is 4.99 Å². The minimum absolute atomic E-state index is 0. The molecule has 2 fully saturated rings. The third-order valence-electron chi connectivity index (χ3n) is 4.41. The lowest BCUT2D eigenvalue weighted by Crippen LogP contribution is -2.41. The van der Waals surface area contributed by atoms with Gasteiger partial charge in [-0.15, -0.1) is 24.0 Å². The Morgan fingerprint density at radius 1 is 1.30 bits per heavy atom. The normalized spacial score (nSPS) is 25.4. The molecule has 2 aliphatic rings. The summed E-state index contributed by atoms with van der Waals surface area (Å²) in [5, 5.41) is 7.65. The van der Waals surface area contributed by atoms with Crippen LogP contribution < -0.4 is 10.6 Å². The van der Waals surface area contributed by atoms with E-state index >= 15 is 0 Å². The van der Waals surface area contributed by atoms with E-state index in [1.165, 1.54) is 38.0 Å². The van der Waals surface area contributed by atoms with Crippen LogP contribution in [0.2, 0.25) is 0 Å². The molecule has 2 heterocycles. The zero-order chi connectivity index (χ0) is 15.6. The van der Waals surface area contributed by atoms with Gasteiger partial charge in [0.2, 0.25) is 0 Å². The molecule has 2 saturated heterocycles. The summed E-state index contributed by atoms with van der Waals surface area (Å²) in [5.41, 5.74) is 0. The minimum atomic E-state index is 0. The third kappa shape index (κ3) is 7.79. The molecule has 0 saturated carbocycles. The van der Waals surface area contributed by atoms with Gasteiger partial charge >= 0.3 is 0 Å². The zero-order valence-electron chi connectivity index (χ0n) is 14.6. The van der Waals surface area contributed by atoms with Crippen LogP contribution in [-0.2, 0) is 4.74 Å². The molecule has 136 valence electrons. The lowest BCUT2D eigenvalue weighted by atomic mass is 10.2. The first-order valence-corrected chi connectivity index (χ1v) is 9.75. The van der Waals surface area contributed by atoms with E-state index in [1.807, 2.05) is 0 Å². The largest absolute Gasteiger partial charge is 0.383 e. The van der Waals surface area contributed by atoms with E-state index in [2.05, 4.69) is 34.2 Å². The van der Waals surface area contributed by atoms with Crippen molar-refractivity contribution in [3.05, 3.63) is 0 Å². The topological polar surface area (TPSA) is 48.9 Å². The van der Waals surface area contributed by atoms with Crippen molar-refractivity contribution in [3.63, 3.8) is 0 Å². The Balaban J connectivity index is 0.00000264. The van der Waals surface area contributed by atoms with Gasteiger partial charge in [0.25, 0.3) is 0 Å². The molecule has 0 aromatic heterocycles. The maximum atomic E-state index is 5.21. The van der Waals surface area contributed by atoms with Crippen molar-refractivity contribution >= 4 is 41.7 Å². The van der Waals surface area contributed by atoms with Crippen molar-refractivity contribution in [1.82, 2.24) is 15.5 Å². The maximum absolute atomic E-state index is 5.21. The third-order valence-corrected chi connectivity index (χ3v) is 5.81. The molecule has 0 aromatic rings. The van der Waals surface area contributed by atoms with Crippen LogP contribution in [0.4, 0.5) is 0 Å². The molecule has 2 atom stereocenters. The van der Waals surface area contributed by atoms with Crippen LogP contribution in [0, 0.1) is 0 Å². The number of guanidine groups is 1. The highest BCUT2D eigenvalue weighted by Gasteiger charge is 2.23. The summed E-state index contributed by atoms with van der Waals surface area (Å²) in [6, 6.07) is 0.575. The van der Waals surface area contributed by atoms with Crippen molar-refractivity contribution in [2.45, 2.75) is 43.9 Å². The Bertz CT molecular complexity index is 340. The number of hydrogen-bond acceptors (Lipinski definition) is 4.